The molecule has 2 aromatic carbocycles. The first-order chi connectivity index (χ1) is 12.9. The summed E-state index contributed by atoms with van der Waals surface area (Å²) in [5, 5.41) is 2.82. The second-order valence-electron chi connectivity index (χ2n) is 6.40. The highest BCUT2D eigenvalue weighted by molar-refractivity contribution is 7.92. The van der Waals surface area contributed by atoms with Crippen LogP contribution in [0.1, 0.15) is 23.5 Å². The van der Waals surface area contributed by atoms with Gasteiger partial charge in [-0.15, -0.1) is 0 Å². The predicted octanol–water partition coefficient (Wildman–Crippen LogP) is 2.27. The summed E-state index contributed by atoms with van der Waals surface area (Å²) in [5.41, 5.74) is 2.47. The Hall–Kier alpha value is -2.94. The molecule has 8 nitrogen and oxygen atoms in total. The van der Waals surface area contributed by atoms with Crippen LogP contribution in [-0.4, -0.2) is 34.5 Å². The molecule has 0 saturated carbocycles. The number of rotatable bonds is 4. The minimum atomic E-state index is -3.50. The van der Waals surface area contributed by atoms with Crippen LogP contribution in [-0.2, 0) is 14.8 Å². The summed E-state index contributed by atoms with van der Waals surface area (Å²) in [5.74, 6) is 1.10. The molecular weight excluding hydrogens is 372 g/mol. The fourth-order valence-electron chi connectivity index (χ4n) is 3.44. The predicted molar refractivity (Wildman–Crippen MR) is 99.1 cm³/mol. The number of carbonyl (C=O) groups excluding carboxylic acids is 1. The van der Waals surface area contributed by atoms with Crippen LogP contribution >= 0.6 is 0 Å². The highest BCUT2D eigenvalue weighted by Gasteiger charge is 2.32. The molecule has 2 heterocycles. The Labute approximate surface area is 156 Å². The number of nitrogens with one attached hydrogen (secondary N) is 2. The second kappa shape index (κ2) is 6.34. The van der Waals surface area contributed by atoms with E-state index in [1.807, 2.05) is 12.1 Å². The van der Waals surface area contributed by atoms with Gasteiger partial charge in [-0.05, 0) is 17.7 Å². The van der Waals surface area contributed by atoms with Crippen molar-refractivity contribution in [3.63, 3.8) is 0 Å². The van der Waals surface area contributed by atoms with E-state index in [-0.39, 0.29) is 25.0 Å². The molecular formula is C18H18N2O6S. The number of amides is 1. The van der Waals surface area contributed by atoms with Gasteiger partial charge in [0.15, 0.2) is 11.5 Å². The number of anilines is 2. The SMILES string of the molecule is COc1cc2c(cc1NS(C)(=O)=O)[C@H](c1cccc3c1OCO3)CC(=O)N2. The zero-order chi connectivity index (χ0) is 19.2. The van der Waals surface area contributed by atoms with Gasteiger partial charge in [-0.3, -0.25) is 9.52 Å². The van der Waals surface area contributed by atoms with Crippen LogP contribution in [0.3, 0.4) is 0 Å². The molecule has 142 valence electrons. The molecule has 9 heteroatoms. The van der Waals surface area contributed by atoms with Gasteiger partial charge in [0, 0.05) is 29.7 Å². The Balaban J connectivity index is 1.87. The van der Waals surface area contributed by atoms with Gasteiger partial charge in [-0.2, -0.15) is 0 Å². The van der Waals surface area contributed by atoms with E-state index in [1.54, 1.807) is 18.2 Å². The summed E-state index contributed by atoms with van der Waals surface area (Å²) in [6.45, 7) is 0.127. The number of hydrogen-bond acceptors (Lipinski definition) is 6. The Bertz CT molecular complexity index is 1030. The van der Waals surface area contributed by atoms with E-state index in [2.05, 4.69) is 10.0 Å². The molecule has 1 atom stereocenters. The molecule has 0 radical (unpaired) electrons. The molecule has 0 saturated heterocycles. The largest absolute Gasteiger partial charge is 0.494 e. The molecule has 2 aliphatic heterocycles. The van der Waals surface area contributed by atoms with Crippen molar-refractivity contribution in [2.75, 3.05) is 30.2 Å². The molecule has 0 aromatic heterocycles. The highest BCUT2D eigenvalue weighted by Crippen LogP contribution is 2.47. The topological polar surface area (TPSA) is 103 Å². The summed E-state index contributed by atoms with van der Waals surface area (Å²) in [6.07, 6.45) is 1.28. The summed E-state index contributed by atoms with van der Waals surface area (Å²) in [7, 11) is -2.06. The molecule has 2 N–H and O–H groups in total. The monoisotopic (exact) mass is 390 g/mol. The summed E-state index contributed by atoms with van der Waals surface area (Å²) >= 11 is 0. The lowest BCUT2D eigenvalue weighted by Gasteiger charge is -2.28. The van der Waals surface area contributed by atoms with E-state index in [0.717, 1.165) is 17.4 Å². The fraction of sp³-hybridized carbons (Fsp3) is 0.278. The Morgan fingerprint density at radius 1 is 1.22 bits per heavy atom. The highest BCUT2D eigenvalue weighted by atomic mass is 32.2. The lowest BCUT2D eigenvalue weighted by Crippen LogP contribution is -2.24. The number of fused-ring (bicyclic) bond motifs is 2. The van der Waals surface area contributed by atoms with Crippen LogP contribution in [0.4, 0.5) is 11.4 Å². The quantitative estimate of drug-likeness (QED) is 0.830. The molecule has 4 rings (SSSR count). The molecule has 0 spiro atoms. The van der Waals surface area contributed by atoms with Crippen molar-refractivity contribution in [2.24, 2.45) is 0 Å². The van der Waals surface area contributed by atoms with Crippen LogP contribution in [0.25, 0.3) is 0 Å². The van der Waals surface area contributed by atoms with E-state index >= 15 is 0 Å². The fourth-order valence-corrected chi connectivity index (χ4v) is 4.00. The number of benzene rings is 2. The zero-order valence-corrected chi connectivity index (χ0v) is 15.6. The van der Waals surface area contributed by atoms with Crippen LogP contribution in [0.15, 0.2) is 30.3 Å². The van der Waals surface area contributed by atoms with Gasteiger partial charge >= 0.3 is 0 Å². The third-order valence-electron chi connectivity index (χ3n) is 4.51. The third kappa shape index (κ3) is 3.25. The van der Waals surface area contributed by atoms with E-state index < -0.39 is 10.0 Å². The average molecular weight is 390 g/mol. The average Bonchev–Trinajstić information content (AvgIpc) is 3.08. The van der Waals surface area contributed by atoms with Crippen LogP contribution in [0, 0.1) is 0 Å². The Morgan fingerprint density at radius 3 is 2.78 bits per heavy atom. The van der Waals surface area contributed by atoms with Crippen molar-refractivity contribution in [1.29, 1.82) is 0 Å². The molecule has 0 unspecified atom stereocenters. The van der Waals surface area contributed by atoms with E-state index in [1.165, 1.54) is 7.11 Å². The van der Waals surface area contributed by atoms with Crippen molar-refractivity contribution in [2.45, 2.75) is 12.3 Å². The lowest BCUT2D eigenvalue weighted by atomic mass is 9.84. The molecule has 1 amide bonds. The third-order valence-corrected chi connectivity index (χ3v) is 5.10. The maximum Gasteiger partial charge on any atom is 0.231 e. The smallest absolute Gasteiger partial charge is 0.231 e. The standard InChI is InChI=1S/C18H18N2O6S/c1-24-16-8-13-12(6-14(16)20-27(2,22)23)11(7-17(21)19-13)10-4-3-5-15-18(10)26-9-25-15/h3-6,8,11,20H,7,9H2,1-2H3,(H,19,21)/t11-/m0/s1. The summed E-state index contributed by atoms with van der Waals surface area (Å²) < 4.78 is 42.2. The summed E-state index contributed by atoms with van der Waals surface area (Å²) in [6, 6.07) is 8.84. The number of para-hydroxylation sites is 1. The second-order valence-corrected chi connectivity index (χ2v) is 8.15. The van der Waals surface area contributed by atoms with E-state index in [9.17, 15) is 13.2 Å². The van der Waals surface area contributed by atoms with E-state index in [4.69, 9.17) is 14.2 Å². The maximum absolute atomic E-state index is 12.3. The minimum absolute atomic E-state index is 0.127. The van der Waals surface area contributed by atoms with Crippen molar-refractivity contribution < 1.29 is 27.4 Å². The Morgan fingerprint density at radius 2 is 2.04 bits per heavy atom. The van der Waals surface area contributed by atoms with Gasteiger partial charge in [0.25, 0.3) is 0 Å². The van der Waals surface area contributed by atoms with Gasteiger partial charge in [-0.25, -0.2) is 8.42 Å². The molecule has 0 aliphatic carbocycles. The molecule has 27 heavy (non-hydrogen) atoms. The van der Waals surface area contributed by atoms with Crippen molar-refractivity contribution in [1.82, 2.24) is 0 Å². The normalized spacial score (nSPS) is 17.9. The number of hydrogen-bond donors (Lipinski definition) is 2. The van der Waals surface area contributed by atoms with Crippen LogP contribution in [0.5, 0.6) is 17.2 Å². The van der Waals surface area contributed by atoms with Crippen molar-refractivity contribution >= 4 is 27.3 Å². The number of methoxy groups -OCH3 is 1. The first-order valence-corrected chi connectivity index (χ1v) is 10.1. The van der Waals surface area contributed by atoms with Crippen molar-refractivity contribution in [3.05, 3.63) is 41.5 Å². The van der Waals surface area contributed by atoms with Gasteiger partial charge in [-0.1, -0.05) is 12.1 Å². The number of carbonyl (C=O) groups is 1. The lowest BCUT2D eigenvalue weighted by molar-refractivity contribution is -0.116. The van der Waals surface area contributed by atoms with E-state index in [0.29, 0.717) is 28.6 Å². The maximum atomic E-state index is 12.3. The van der Waals surface area contributed by atoms with Gasteiger partial charge in [0.2, 0.25) is 22.7 Å². The van der Waals surface area contributed by atoms with Crippen LogP contribution < -0.4 is 24.2 Å². The van der Waals surface area contributed by atoms with Gasteiger partial charge in [0.05, 0.1) is 19.1 Å². The van der Waals surface area contributed by atoms with Crippen LogP contribution in [0.2, 0.25) is 0 Å². The summed E-state index contributed by atoms with van der Waals surface area (Å²) in [4.78, 5) is 12.3. The molecule has 2 aliphatic rings. The first kappa shape index (κ1) is 17.5. The van der Waals surface area contributed by atoms with Gasteiger partial charge in [0.1, 0.15) is 5.75 Å². The first-order valence-electron chi connectivity index (χ1n) is 8.24. The molecule has 0 bridgehead atoms. The number of sulfonamides is 1. The van der Waals surface area contributed by atoms with Gasteiger partial charge < -0.3 is 19.5 Å². The minimum Gasteiger partial charge on any atom is -0.494 e. The molecule has 0 fully saturated rings. The number of ether oxygens (including phenoxy) is 3. The molecule has 2 aromatic rings. The zero-order valence-electron chi connectivity index (χ0n) is 14.7. The van der Waals surface area contributed by atoms with Crippen molar-refractivity contribution in [3.8, 4) is 17.2 Å². The Kier molecular flexibility index (Phi) is 4.11.